The van der Waals surface area contributed by atoms with Gasteiger partial charge in [-0.05, 0) is 24.3 Å². The molecule has 1 aromatic carbocycles. The molecule has 0 radical (unpaired) electrons. The minimum Gasteiger partial charge on any atom is -0.326 e. The summed E-state index contributed by atoms with van der Waals surface area (Å²) in [6.45, 7) is 6.47. The van der Waals surface area contributed by atoms with Gasteiger partial charge in [-0.15, -0.1) is 0 Å². The summed E-state index contributed by atoms with van der Waals surface area (Å²) in [5.74, 6) is -2.13. The van der Waals surface area contributed by atoms with Crippen molar-refractivity contribution in [2.75, 3.05) is 10.6 Å². The SMILES string of the molecule is C=C(F)C(=O)Nc1ccc(NC(=O)C(C)C)cc1. The van der Waals surface area contributed by atoms with E-state index in [1.54, 1.807) is 38.1 Å². The van der Waals surface area contributed by atoms with Crippen LogP contribution >= 0.6 is 0 Å². The summed E-state index contributed by atoms with van der Waals surface area (Å²) in [5, 5.41) is 5.02. The lowest BCUT2D eigenvalue weighted by molar-refractivity contribution is -0.119. The number of amides is 2. The molecule has 0 aliphatic carbocycles. The van der Waals surface area contributed by atoms with Crippen molar-refractivity contribution in [3.05, 3.63) is 36.7 Å². The summed E-state index contributed by atoms with van der Waals surface area (Å²) in [6, 6.07) is 6.38. The molecule has 18 heavy (non-hydrogen) atoms. The molecule has 96 valence electrons. The van der Waals surface area contributed by atoms with Gasteiger partial charge in [-0.25, -0.2) is 4.39 Å². The first kappa shape index (κ1) is 13.9. The van der Waals surface area contributed by atoms with Crippen molar-refractivity contribution in [3.63, 3.8) is 0 Å². The van der Waals surface area contributed by atoms with E-state index >= 15 is 0 Å². The van der Waals surface area contributed by atoms with Gasteiger partial charge in [-0.3, -0.25) is 9.59 Å². The predicted molar refractivity (Wildman–Crippen MR) is 68.8 cm³/mol. The Hall–Kier alpha value is -2.17. The van der Waals surface area contributed by atoms with Crippen molar-refractivity contribution in [1.82, 2.24) is 0 Å². The molecule has 1 aromatic rings. The highest BCUT2D eigenvalue weighted by Gasteiger charge is 2.08. The smallest absolute Gasteiger partial charge is 0.283 e. The largest absolute Gasteiger partial charge is 0.326 e. The number of anilines is 2. The van der Waals surface area contributed by atoms with E-state index in [0.717, 1.165) is 0 Å². The van der Waals surface area contributed by atoms with Gasteiger partial charge in [0.15, 0.2) is 5.83 Å². The van der Waals surface area contributed by atoms with Crippen LogP contribution in [-0.4, -0.2) is 11.8 Å². The molecule has 0 saturated heterocycles. The molecule has 0 heterocycles. The van der Waals surface area contributed by atoms with Crippen LogP contribution in [0.1, 0.15) is 13.8 Å². The number of carbonyl (C=O) groups is 2. The Labute approximate surface area is 105 Å². The highest BCUT2D eigenvalue weighted by molar-refractivity contribution is 6.01. The van der Waals surface area contributed by atoms with Gasteiger partial charge < -0.3 is 10.6 Å². The Balaban J connectivity index is 2.66. The second-order valence-corrected chi connectivity index (χ2v) is 4.08. The van der Waals surface area contributed by atoms with Crippen LogP contribution in [0.3, 0.4) is 0 Å². The van der Waals surface area contributed by atoms with Crippen molar-refractivity contribution in [2.45, 2.75) is 13.8 Å². The van der Waals surface area contributed by atoms with Crippen LogP contribution in [0.25, 0.3) is 0 Å². The zero-order valence-corrected chi connectivity index (χ0v) is 10.3. The van der Waals surface area contributed by atoms with Crippen LogP contribution in [-0.2, 0) is 9.59 Å². The second-order valence-electron chi connectivity index (χ2n) is 4.08. The fourth-order valence-electron chi connectivity index (χ4n) is 1.12. The first-order chi connectivity index (χ1) is 8.40. The average Bonchev–Trinajstić information content (AvgIpc) is 2.31. The molecule has 5 heteroatoms. The summed E-state index contributed by atoms with van der Waals surface area (Å²) in [4.78, 5) is 22.4. The van der Waals surface area contributed by atoms with Crippen molar-refractivity contribution >= 4 is 23.2 Å². The van der Waals surface area contributed by atoms with Gasteiger partial charge in [0, 0.05) is 17.3 Å². The normalized spacial score (nSPS) is 10.0. The molecule has 4 nitrogen and oxygen atoms in total. The summed E-state index contributed by atoms with van der Waals surface area (Å²) >= 11 is 0. The highest BCUT2D eigenvalue weighted by atomic mass is 19.1. The minimum atomic E-state index is -1.05. The zero-order chi connectivity index (χ0) is 13.7. The lowest BCUT2D eigenvalue weighted by Gasteiger charge is -2.08. The van der Waals surface area contributed by atoms with E-state index in [-0.39, 0.29) is 11.8 Å². The fourth-order valence-corrected chi connectivity index (χ4v) is 1.12. The van der Waals surface area contributed by atoms with Crippen molar-refractivity contribution in [2.24, 2.45) is 5.92 Å². The van der Waals surface area contributed by atoms with Gasteiger partial charge in [0.05, 0.1) is 0 Å². The maximum absolute atomic E-state index is 12.5. The lowest BCUT2D eigenvalue weighted by atomic mass is 10.2. The van der Waals surface area contributed by atoms with Crippen molar-refractivity contribution in [3.8, 4) is 0 Å². The molecule has 0 fully saturated rings. The van der Waals surface area contributed by atoms with Gasteiger partial charge in [-0.2, -0.15) is 0 Å². The van der Waals surface area contributed by atoms with Crippen molar-refractivity contribution in [1.29, 1.82) is 0 Å². The predicted octanol–water partition coefficient (Wildman–Crippen LogP) is 2.70. The van der Waals surface area contributed by atoms with Gasteiger partial charge in [0.2, 0.25) is 5.91 Å². The Bertz CT molecular complexity index is 466. The molecule has 0 aromatic heterocycles. The molecule has 0 bridgehead atoms. The van der Waals surface area contributed by atoms with Crippen molar-refractivity contribution < 1.29 is 14.0 Å². The molecule has 0 unspecified atom stereocenters. The van der Waals surface area contributed by atoms with Gasteiger partial charge in [0.1, 0.15) is 0 Å². The summed E-state index contributed by atoms with van der Waals surface area (Å²) < 4.78 is 12.5. The Morgan fingerprint density at radius 3 is 1.94 bits per heavy atom. The lowest BCUT2D eigenvalue weighted by Crippen LogP contribution is -2.17. The number of hydrogen-bond acceptors (Lipinski definition) is 2. The molecular weight excluding hydrogens is 235 g/mol. The molecule has 0 saturated carbocycles. The van der Waals surface area contributed by atoms with E-state index < -0.39 is 11.7 Å². The molecule has 0 aliphatic heterocycles. The highest BCUT2D eigenvalue weighted by Crippen LogP contribution is 2.15. The van der Waals surface area contributed by atoms with E-state index in [2.05, 4.69) is 17.2 Å². The van der Waals surface area contributed by atoms with E-state index in [1.807, 2.05) is 0 Å². The van der Waals surface area contributed by atoms with Gasteiger partial charge >= 0.3 is 0 Å². The van der Waals surface area contributed by atoms with Crippen LogP contribution in [0, 0.1) is 5.92 Å². The molecule has 0 spiro atoms. The summed E-state index contributed by atoms with van der Waals surface area (Å²) in [6.07, 6.45) is 0. The van der Waals surface area contributed by atoms with E-state index in [9.17, 15) is 14.0 Å². The van der Waals surface area contributed by atoms with Crippen LogP contribution in [0.5, 0.6) is 0 Å². The third kappa shape index (κ3) is 4.01. The molecule has 2 amide bonds. The van der Waals surface area contributed by atoms with Crippen LogP contribution < -0.4 is 10.6 Å². The number of carbonyl (C=O) groups excluding carboxylic acids is 2. The van der Waals surface area contributed by atoms with Crippen LogP contribution in [0.4, 0.5) is 15.8 Å². The quantitative estimate of drug-likeness (QED) is 0.807. The summed E-state index contributed by atoms with van der Waals surface area (Å²) in [7, 11) is 0. The van der Waals surface area contributed by atoms with Crippen LogP contribution in [0.15, 0.2) is 36.7 Å². The molecule has 2 N–H and O–H groups in total. The van der Waals surface area contributed by atoms with Gasteiger partial charge in [0.25, 0.3) is 5.91 Å². The topological polar surface area (TPSA) is 58.2 Å². The first-order valence-corrected chi connectivity index (χ1v) is 5.47. The summed E-state index contributed by atoms with van der Waals surface area (Å²) in [5.41, 5.74) is 1.05. The fraction of sp³-hybridized carbons (Fsp3) is 0.231. The van der Waals surface area contributed by atoms with Crippen LogP contribution in [0.2, 0.25) is 0 Å². The maximum Gasteiger partial charge on any atom is 0.283 e. The standard InChI is InChI=1S/C13H15FN2O2/c1-8(2)12(17)15-10-4-6-11(7-5-10)16-13(18)9(3)14/h4-8H,3H2,1-2H3,(H,15,17)(H,16,18). The number of rotatable bonds is 4. The molecule has 1 rings (SSSR count). The zero-order valence-electron chi connectivity index (χ0n) is 10.3. The van der Waals surface area contributed by atoms with E-state index in [4.69, 9.17) is 0 Å². The third-order valence-corrected chi connectivity index (χ3v) is 2.18. The molecule has 0 aliphatic rings. The monoisotopic (exact) mass is 250 g/mol. The maximum atomic E-state index is 12.5. The average molecular weight is 250 g/mol. The number of halogens is 1. The van der Waals surface area contributed by atoms with E-state index in [1.165, 1.54) is 0 Å². The number of nitrogens with one attached hydrogen (secondary N) is 2. The van der Waals surface area contributed by atoms with Gasteiger partial charge in [-0.1, -0.05) is 20.4 Å². The number of benzene rings is 1. The molecule has 0 atom stereocenters. The second kappa shape index (κ2) is 5.95. The first-order valence-electron chi connectivity index (χ1n) is 5.47. The Kier molecular flexibility index (Phi) is 4.59. The Morgan fingerprint density at radius 1 is 1.11 bits per heavy atom. The third-order valence-electron chi connectivity index (χ3n) is 2.18. The Morgan fingerprint density at radius 2 is 1.56 bits per heavy atom. The van der Waals surface area contributed by atoms with E-state index in [0.29, 0.717) is 11.4 Å². The minimum absolute atomic E-state index is 0.0936. The molecular formula is C13H15FN2O2. The number of hydrogen-bond donors (Lipinski definition) is 2.